The van der Waals surface area contributed by atoms with Gasteiger partial charge >= 0.3 is 0 Å². The van der Waals surface area contributed by atoms with Crippen molar-refractivity contribution in [2.24, 2.45) is 11.8 Å². The zero-order valence-corrected chi connectivity index (χ0v) is 11.9. The van der Waals surface area contributed by atoms with Crippen LogP contribution in [0.15, 0.2) is 6.20 Å². The molecule has 20 heavy (non-hydrogen) atoms. The Kier molecular flexibility index (Phi) is 4.70. The van der Waals surface area contributed by atoms with E-state index in [9.17, 15) is 9.59 Å². The van der Waals surface area contributed by atoms with Crippen molar-refractivity contribution < 1.29 is 9.59 Å². The molecule has 1 aliphatic rings. The van der Waals surface area contributed by atoms with Crippen LogP contribution in [0, 0.1) is 11.8 Å². The summed E-state index contributed by atoms with van der Waals surface area (Å²) in [6, 6.07) is 0. The Hall–Kier alpha value is -1.92. The average molecular weight is 279 g/mol. The maximum atomic E-state index is 11.7. The van der Waals surface area contributed by atoms with Gasteiger partial charge < -0.3 is 10.6 Å². The fourth-order valence-corrected chi connectivity index (χ4v) is 1.85. The number of aromatic nitrogens is 3. The van der Waals surface area contributed by atoms with E-state index >= 15 is 0 Å². The van der Waals surface area contributed by atoms with E-state index in [0.717, 1.165) is 19.3 Å². The van der Waals surface area contributed by atoms with Gasteiger partial charge in [-0.25, -0.2) is 4.68 Å². The summed E-state index contributed by atoms with van der Waals surface area (Å²) in [7, 11) is 0. The van der Waals surface area contributed by atoms with Crippen molar-refractivity contribution in [3.8, 4) is 0 Å². The number of hydrogen-bond donors (Lipinski definition) is 2. The van der Waals surface area contributed by atoms with Crippen molar-refractivity contribution in [1.29, 1.82) is 0 Å². The molecule has 1 aromatic rings. The Morgan fingerprint density at radius 1 is 1.45 bits per heavy atom. The normalized spacial score (nSPS) is 14.9. The first-order chi connectivity index (χ1) is 9.54. The van der Waals surface area contributed by atoms with Gasteiger partial charge in [0.05, 0.1) is 6.20 Å². The maximum Gasteiger partial charge on any atom is 0.241 e. The SMILES string of the molecule is CC(C)CNC(=O)Cn1cc(NC(=O)C2CCC2)nn1. The van der Waals surface area contributed by atoms with E-state index in [4.69, 9.17) is 0 Å². The topological polar surface area (TPSA) is 88.9 Å². The summed E-state index contributed by atoms with van der Waals surface area (Å²) in [5.41, 5.74) is 0. The van der Waals surface area contributed by atoms with Crippen LogP contribution in [0.4, 0.5) is 5.82 Å². The summed E-state index contributed by atoms with van der Waals surface area (Å²) in [6.07, 6.45) is 4.57. The van der Waals surface area contributed by atoms with Crippen molar-refractivity contribution in [3.63, 3.8) is 0 Å². The molecule has 2 rings (SSSR count). The molecule has 2 N–H and O–H groups in total. The number of nitrogens with one attached hydrogen (secondary N) is 2. The molecule has 0 radical (unpaired) electrons. The lowest BCUT2D eigenvalue weighted by molar-refractivity contribution is -0.122. The summed E-state index contributed by atoms with van der Waals surface area (Å²) < 4.78 is 1.42. The maximum absolute atomic E-state index is 11.7. The van der Waals surface area contributed by atoms with Crippen molar-refractivity contribution in [1.82, 2.24) is 20.3 Å². The number of hydrogen-bond acceptors (Lipinski definition) is 4. The summed E-state index contributed by atoms with van der Waals surface area (Å²) in [5.74, 6) is 0.799. The van der Waals surface area contributed by atoms with Gasteiger partial charge in [0.25, 0.3) is 0 Å². The molecule has 0 aliphatic heterocycles. The largest absolute Gasteiger partial charge is 0.354 e. The number of carbonyl (C=O) groups is 2. The Balaban J connectivity index is 1.79. The molecule has 1 fully saturated rings. The lowest BCUT2D eigenvalue weighted by atomic mass is 9.85. The van der Waals surface area contributed by atoms with Gasteiger partial charge in [0.15, 0.2) is 5.82 Å². The number of nitrogens with zero attached hydrogens (tertiary/aromatic N) is 3. The van der Waals surface area contributed by atoms with Crippen molar-refractivity contribution in [2.75, 3.05) is 11.9 Å². The van der Waals surface area contributed by atoms with Gasteiger partial charge in [-0.05, 0) is 18.8 Å². The van der Waals surface area contributed by atoms with Gasteiger partial charge in [-0.1, -0.05) is 25.5 Å². The van der Waals surface area contributed by atoms with Crippen LogP contribution in [-0.2, 0) is 16.1 Å². The number of carbonyl (C=O) groups excluding carboxylic acids is 2. The first kappa shape index (κ1) is 14.5. The third kappa shape index (κ3) is 4.04. The molecule has 0 saturated heterocycles. The third-order valence-electron chi connectivity index (χ3n) is 3.28. The molecule has 0 atom stereocenters. The van der Waals surface area contributed by atoms with Gasteiger partial charge in [-0.2, -0.15) is 0 Å². The van der Waals surface area contributed by atoms with Gasteiger partial charge in [0, 0.05) is 12.5 Å². The van der Waals surface area contributed by atoms with Crippen LogP contribution >= 0.6 is 0 Å². The first-order valence-electron chi connectivity index (χ1n) is 7.02. The fourth-order valence-electron chi connectivity index (χ4n) is 1.85. The Morgan fingerprint density at radius 3 is 2.80 bits per heavy atom. The van der Waals surface area contributed by atoms with Crippen LogP contribution in [0.3, 0.4) is 0 Å². The molecule has 2 amide bonds. The standard InChI is InChI=1S/C13H21N5O2/c1-9(2)6-14-12(19)8-18-7-11(16-17-18)15-13(20)10-4-3-5-10/h7,9-10H,3-6,8H2,1-2H3,(H,14,19)(H,15,20). The van der Waals surface area contributed by atoms with E-state index in [1.54, 1.807) is 6.20 Å². The second-order valence-electron chi connectivity index (χ2n) is 5.62. The average Bonchev–Trinajstić information content (AvgIpc) is 2.71. The minimum absolute atomic E-state index is 0.00689. The van der Waals surface area contributed by atoms with Crippen molar-refractivity contribution in [2.45, 2.75) is 39.7 Å². The Bertz CT molecular complexity index is 479. The monoisotopic (exact) mass is 279 g/mol. The van der Waals surface area contributed by atoms with Crippen molar-refractivity contribution >= 4 is 17.6 Å². The molecule has 0 unspecified atom stereocenters. The molecule has 1 saturated carbocycles. The van der Waals surface area contributed by atoms with Crippen LogP contribution in [0.2, 0.25) is 0 Å². The highest BCUT2D eigenvalue weighted by atomic mass is 16.2. The number of rotatable bonds is 6. The third-order valence-corrected chi connectivity index (χ3v) is 3.28. The van der Waals surface area contributed by atoms with Crippen LogP contribution in [-0.4, -0.2) is 33.4 Å². The van der Waals surface area contributed by atoms with Gasteiger partial charge in [0.1, 0.15) is 6.54 Å². The van der Waals surface area contributed by atoms with E-state index < -0.39 is 0 Å². The van der Waals surface area contributed by atoms with Crippen molar-refractivity contribution in [3.05, 3.63) is 6.20 Å². The molecule has 1 aliphatic carbocycles. The van der Waals surface area contributed by atoms with Gasteiger partial charge in [-0.3, -0.25) is 9.59 Å². The van der Waals surface area contributed by atoms with Gasteiger partial charge in [0.2, 0.25) is 11.8 Å². The Labute approximate surface area is 118 Å². The van der Waals surface area contributed by atoms with E-state index in [2.05, 4.69) is 20.9 Å². The Morgan fingerprint density at radius 2 is 2.20 bits per heavy atom. The molecule has 0 aromatic carbocycles. The number of amides is 2. The highest BCUT2D eigenvalue weighted by Gasteiger charge is 2.25. The second kappa shape index (κ2) is 6.49. The molecular weight excluding hydrogens is 258 g/mol. The lowest BCUT2D eigenvalue weighted by Crippen LogP contribution is -2.30. The summed E-state index contributed by atoms with van der Waals surface area (Å²) >= 11 is 0. The molecule has 1 aromatic heterocycles. The van der Waals surface area contributed by atoms with Gasteiger partial charge in [-0.15, -0.1) is 5.10 Å². The van der Waals surface area contributed by atoms with Crippen LogP contribution in [0.25, 0.3) is 0 Å². The molecule has 7 heteroatoms. The van der Waals surface area contributed by atoms with E-state index in [0.29, 0.717) is 18.3 Å². The minimum Gasteiger partial charge on any atom is -0.354 e. The zero-order valence-electron chi connectivity index (χ0n) is 11.9. The quantitative estimate of drug-likeness (QED) is 0.805. The molecule has 7 nitrogen and oxygen atoms in total. The molecule has 0 bridgehead atoms. The highest BCUT2D eigenvalue weighted by molar-refractivity contribution is 5.92. The fraction of sp³-hybridized carbons (Fsp3) is 0.692. The summed E-state index contributed by atoms with van der Waals surface area (Å²) in [5, 5.41) is 13.2. The minimum atomic E-state index is -0.111. The molecular formula is C13H21N5O2. The second-order valence-corrected chi connectivity index (χ2v) is 5.62. The predicted octanol–water partition coefficient (Wildman–Crippen LogP) is 0.789. The smallest absolute Gasteiger partial charge is 0.241 e. The number of anilines is 1. The van der Waals surface area contributed by atoms with E-state index in [1.165, 1.54) is 4.68 Å². The van der Waals surface area contributed by atoms with Crippen LogP contribution < -0.4 is 10.6 Å². The molecule has 110 valence electrons. The first-order valence-corrected chi connectivity index (χ1v) is 7.02. The lowest BCUT2D eigenvalue weighted by Gasteiger charge is -2.23. The molecule has 0 spiro atoms. The molecule has 1 heterocycles. The summed E-state index contributed by atoms with van der Waals surface area (Å²) in [6.45, 7) is 4.81. The van der Waals surface area contributed by atoms with E-state index in [1.807, 2.05) is 13.8 Å². The van der Waals surface area contributed by atoms with Crippen LogP contribution in [0.1, 0.15) is 33.1 Å². The zero-order chi connectivity index (χ0) is 14.5. The summed E-state index contributed by atoms with van der Waals surface area (Å²) in [4.78, 5) is 23.4. The highest BCUT2D eigenvalue weighted by Crippen LogP contribution is 2.27. The van der Waals surface area contributed by atoms with Crippen LogP contribution in [0.5, 0.6) is 0 Å². The van der Waals surface area contributed by atoms with E-state index in [-0.39, 0.29) is 24.3 Å². The predicted molar refractivity (Wildman–Crippen MR) is 73.8 cm³/mol.